The fourth-order valence-corrected chi connectivity index (χ4v) is 3.78. The van der Waals surface area contributed by atoms with Crippen LogP contribution in [0.2, 0.25) is 0 Å². The monoisotopic (exact) mass is 453 g/mol. The maximum Gasteiger partial charge on any atom is 0.410 e. The van der Waals surface area contributed by atoms with Gasteiger partial charge in [-0.25, -0.2) is 9.18 Å². The van der Waals surface area contributed by atoms with Crippen molar-refractivity contribution in [2.24, 2.45) is 0 Å². The predicted octanol–water partition coefficient (Wildman–Crippen LogP) is 3.57. The normalized spacial score (nSPS) is 16.4. The Labute approximate surface area is 184 Å². The lowest BCUT2D eigenvalue weighted by atomic mass is 10.1. The Morgan fingerprint density at radius 3 is 2.68 bits per heavy atom. The Balaban J connectivity index is 1.44. The number of halogens is 1. The minimum Gasteiger partial charge on any atom is -0.612 e. The topological polar surface area (TPSA) is 101 Å². The van der Waals surface area contributed by atoms with Gasteiger partial charge in [0.25, 0.3) is 0 Å². The molecule has 1 amide bonds. The smallest absolute Gasteiger partial charge is 0.410 e. The second-order valence-corrected chi connectivity index (χ2v) is 9.75. The highest BCUT2D eigenvalue weighted by molar-refractivity contribution is 7.90. The predicted molar refractivity (Wildman–Crippen MR) is 113 cm³/mol. The number of ether oxygens (including phenoxy) is 2. The molecule has 10 heteroatoms. The van der Waals surface area contributed by atoms with Crippen molar-refractivity contribution in [1.29, 1.82) is 0 Å². The molecule has 3 rings (SSSR count). The van der Waals surface area contributed by atoms with E-state index < -0.39 is 22.6 Å². The van der Waals surface area contributed by atoms with Gasteiger partial charge in [-0.3, -0.25) is 0 Å². The van der Waals surface area contributed by atoms with E-state index >= 15 is 0 Å². The average molecular weight is 454 g/mol. The highest BCUT2D eigenvalue weighted by Gasteiger charge is 2.27. The molecule has 0 N–H and O–H groups in total. The van der Waals surface area contributed by atoms with Crippen LogP contribution in [0.3, 0.4) is 0 Å². The van der Waals surface area contributed by atoms with Gasteiger partial charge in [0.1, 0.15) is 11.9 Å². The Morgan fingerprint density at radius 2 is 2.06 bits per heavy atom. The van der Waals surface area contributed by atoms with E-state index in [9.17, 15) is 13.7 Å². The summed E-state index contributed by atoms with van der Waals surface area (Å²) in [5, 5.41) is 3.88. The molecule has 0 saturated carbocycles. The molecule has 0 spiro atoms. The Morgan fingerprint density at radius 1 is 1.35 bits per heavy atom. The fraction of sp³-hybridized carbons (Fsp3) is 0.571. The maximum atomic E-state index is 14.0. The fourth-order valence-electron chi connectivity index (χ4n) is 3.19. The van der Waals surface area contributed by atoms with Crippen molar-refractivity contribution >= 4 is 17.3 Å². The van der Waals surface area contributed by atoms with E-state index in [2.05, 4.69) is 10.1 Å². The molecule has 1 aliphatic heterocycles. The van der Waals surface area contributed by atoms with E-state index in [0.29, 0.717) is 37.6 Å². The summed E-state index contributed by atoms with van der Waals surface area (Å²) >= 11 is -1.40. The first kappa shape index (κ1) is 23.5. The number of hydrogen-bond acceptors (Lipinski definition) is 7. The van der Waals surface area contributed by atoms with Crippen LogP contribution < -0.4 is 0 Å². The molecule has 0 radical (unpaired) electrons. The number of aromatic nitrogens is 2. The van der Waals surface area contributed by atoms with Crippen LogP contribution in [0.4, 0.5) is 9.18 Å². The summed E-state index contributed by atoms with van der Waals surface area (Å²) in [4.78, 5) is 18.2. The number of carbonyl (C=O) groups is 1. The van der Waals surface area contributed by atoms with Gasteiger partial charge in [-0.05, 0) is 63.0 Å². The van der Waals surface area contributed by atoms with Crippen molar-refractivity contribution in [3.8, 4) is 11.4 Å². The lowest BCUT2D eigenvalue weighted by Gasteiger charge is -2.33. The van der Waals surface area contributed by atoms with Crippen molar-refractivity contribution in [2.45, 2.75) is 56.6 Å². The molecular weight excluding hydrogens is 425 g/mol. The van der Waals surface area contributed by atoms with Crippen LogP contribution in [0.5, 0.6) is 0 Å². The molecule has 1 aliphatic rings. The number of likely N-dealkylation sites (tertiary alicyclic amines) is 1. The molecule has 8 nitrogen and oxygen atoms in total. The van der Waals surface area contributed by atoms with Crippen LogP contribution >= 0.6 is 0 Å². The van der Waals surface area contributed by atoms with Crippen LogP contribution in [0.1, 0.15) is 39.5 Å². The molecule has 31 heavy (non-hydrogen) atoms. The third-order valence-corrected chi connectivity index (χ3v) is 5.68. The van der Waals surface area contributed by atoms with Crippen LogP contribution in [0.25, 0.3) is 11.4 Å². The number of rotatable bonds is 6. The number of hydrogen-bond donors (Lipinski definition) is 0. The second-order valence-electron chi connectivity index (χ2n) is 8.40. The highest BCUT2D eigenvalue weighted by Crippen LogP contribution is 2.22. The minimum atomic E-state index is -1.40. The molecule has 0 aliphatic carbocycles. The van der Waals surface area contributed by atoms with Crippen LogP contribution in [0, 0.1) is 5.82 Å². The van der Waals surface area contributed by atoms with Crippen molar-refractivity contribution in [1.82, 2.24) is 15.0 Å². The molecule has 1 unspecified atom stereocenters. The number of carbonyl (C=O) groups excluding carboxylic acids is 1. The number of benzene rings is 1. The standard InChI is InChI=1S/C21H28FN3O5S/c1-21(2,3)29-20(26)25-10-7-15(8-11-25)28-12-9-18-23-19(24-30-18)14-5-6-17(31(4)27)16(22)13-14/h5-6,13,15H,7-12H2,1-4H3. The molecule has 0 bridgehead atoms. The summed E-state index contributed by atoms with van der Waals surface area (Å²) in [5.41, 5.74) is -0.0483. The van der Waals surface area contributed by atoms with Gasteiger partial charge < -0.3 is 23.4 Å². The van der Waals surface area contributed by atoms with E-state index in [4.69, 9.17) is 14.0 Å². The average Bonchev–Trinajstić information content (AvgIpc) is 3.16. The largest absolute Gasteiger partial charge is 0.612 e. The summed E-state index contributed by atoms with van der Waals surface area (Å²) in [6.07, 6.45) is 3.08. The molecule has 1 aromatic carbocycles. The first-order chi connectivity index (χ1) is 14.6. The lowest BCUT2D eigenvalue weighted by Crippen LogP contribution is -2.43. The van der Waals surface area contributed by atoms with Gasteiger partial charge in [0, 0.05) is 18.7 Å². The van der Waals surface area contributed by atoms with Crippen molar-refractivity contribution in [3.05, 3.63) is 29.9 Å². The van der Waals surface area contributed by atoms with Crippen molar-refractivity contribution in [2.75, 3.05) is 26.0 Å². The van der Waals surface area contributed by atoms with E-state index in [1.807, 2.05) is 20.8 Å². The molecule has 2 heterocycles. The first-order valence-electron chi connectivity index (χ1n) is 10.2. The summed E-state index contributed by atoms with van der Waals surface area (Å²) in [6.45, 7) is 7.14. The molecule has 1 aromatic heterocycles. The van der Waals surface area contributed by atoms with Gasteiger partial charge >= 0.3 is 6.09 Å². The molecule has 1 saturated heterocycles. The quantitative estimate of drug-likeness (QED) is 0.616. The zero-order valence-electron chi connectivity index (χ0n) is 18.2. The van der Waals surface area contributed by atoms with Crippen LogP contribution in [-0.2, 0) is 27.1 Å². The molecule has 170 valence electrons. The van der Waals surface area contributed by atoms with E-state index in [1.165, 1.54) is 18.4 Å². The summed E-state index contributed by atoms with van der Waals surface area (Å²) in [6, 6.07) is 4.33. The summed E-state index contributed by atoms with van der Waals surface area (Å²) in [5.74, 6) is 0.100. The number of nitrogens with zero attached hydrogens (tertiary/aromatic N) is 3. The van der Waals surface area contributed by atoms with Crippen LogP contribution in [-0.4, -0.2) is 63.3 Å². The molecule has 1 fully saturated rings. The number of amides is 1. The first-order valence-corrected chi connectivity index (χ1v) is 11.7. The van der Waals surface area contributed by atoms with E-state index in [-0.39, 0.29) is 22.9 Å². The Bertz CT molecular complexity index is 891. The van der Waals surface area contributed by atoms with E-state index in [1.54, 1.807) is 11.0 Å². The van der Waals surface area contributed by atoms with Gasteiger partial charge in [0.05, 0.1) is 19.1 Å². The van der Waals surface area contributed by atoms with Gasteiger partial charge in [-0.1, -0.05) is 5.16 Å². The summed E-state index contributed by atoms with van der Waals surface area (Å²) < 4.78 is 42.0. The Kier molecular flexibility index (Phi) is 7.55. The SMILES string of the molecule is C[S+]([O-])c1ccc(-c2noc(CCOC3CCN(C(=O)OC(C)(C)C)CC3)n2)cc1F. The lowest BCUT2D eigenvalue weighted by molar-refractivity contribution is -0.0114. The highest BCUT2D eigenvalue weighted by atomic mass is 32.2. The Hall–Kier alpha value is -2.17. The van der Waals surface area contributed by atoms with Crippen molar-refractivity contribution < 1.29 is 27.7 Å². The molecule has 2 aromatic rings. The minimum absolute atomic E-state index is 0.0534. The van der Waals surface area contributed by atoms with Crippen molar-refractivity contribution in [3.63, 3.8) is 0 Å². The molecular formula is C21H28FN3O5S. The van der Waals surface area contributed by atoms with Gasteiger partial charge in [0.15, 0.2) is 10.7 Å². The maximum absolute atomic E-state index is 14.0. The zero-order valence-corrected chi connectivity index (χ0v) is 19.0. The third-order valence-electron chi connectivity index (χ3n) is 4.73. The number of piperidine rings is 1. The van der Waals surface area contributed by atoms with Gasteiger partial charge in [-0.15, -0.1) is 0 Å². The third kappa shape index (κ3) is 6.65. The summed E-state index contributed by atoms with van der Waals surface area (Å²) in [7, 11) is 0. The molecule has 1 atom stereocenters. The zero-order chi connectivity index (χ0) is 22.6. The van der Waals surface area contributed by atoms with Crippen LogP contribution in [0.15, 0.2) is 27.6 Å². The second kappa shape index (κ2) is 9.97. The van der Waals surface area contributed by atoms with Gasteiger partial charge in [-0.2, -0.15) is 4.98 Å². The van der Waals surface area contributed by atoms with E-state index in [0.717, 1.165) is 12.8 Å². The van der Waals surface area contributed by atoms with Gasteiger partial charge in [0.2, 0.25) is 11.7 Å².